The third-order valence-corrected chi connectivity index (χ3v) is 4.10. The van der Waals surface area contributed by atoms with Crippen molar-refractivity contribution >= 4 is 11.6 Å². The van der Waals surface area contributed by atoms with E-state index in [2.05, 4.69) is 18.2 Å². The van der Waals surface area contributed by atoms with Crippen LogP contribution in [0.3, 0.4) is 0 Å². The van der Waals surface area contributed by atoms with Crippen molar-refractivity contribution in [3.8, 4) is 5.75 Å². The van der Waals surface area contributed by atoms with Crippen molar-refractivity contribution < 1.29 is 4.74 Å². The van der Waals surface area contributed by atoms with Crippen LogP contribution in [-0.4, -0.2) is 6.61 Å². The third-order valence-electron chi connectivity index (χ3n) is 3.87. The predicted octanol–water partition coefficient (Wildman–Crippen LogP) is 4.02. The van der Waals surface area contributed by atoms with Gasteiger partial charge in [-0.1, -0.05) is 35.9 Å². The van der Waals surface area contributed by atoms with Gasteiger partial charge in [0.1, 0.15) is 5.75 Å². The zero-order chi connectivity index (χ0) is 14.1. The number of benzene rings is 2. The fourth-order valence-corrected chi connectivity index (χ4v) is 3.04. The Balaban J connectivity index is 2.04. The molecular formula is C17H18ClNO. The summed E-state index contributed by atoms with van der Waals surface area (Å²) < 4.78 is 5.85. The molecule has 2 aromatic carbocycles. The van der Waals surface area contributed by atoms with E-state index in [1.807, 2.05) is 25.1 Å². The van der Waals surface area contributed by atoms with Gasteiger partial charge in [-0.25, -0.2) is 0 Å². The summed E-state index contributed by atoms with van der Waals surface area (Å²) >= 11 is 6.02. The van der Waals surface area contributed by atoms with E-state index in [4.69, 9.17) is 22.1 Å². The van der Waals surface area contributed by atoms with Crippen LogP contribution in [-0.2, 0) is 6.42 Å². The number of fused-ring (bicyclic) bond motifs is 1. The highest BCUT2D eigenvalue weighted by atomic mass is 35.5. The van der Waals surface area contributed by atoms with Gasteiger partial charge in [-0.05, 0) is 48.6 Å². The highest BCUT2D eigenvalue weighted by Crippen LogP contribution is 2.35. The molecule has 1 unspecified atom stereocenters. The first kappa shape index (κ1) is 13.5. The lowest BCUT2D eigenvalue weighted by molar-refractivity contribution is 0.284. The van der Waals surface area contributed by atoms with E-state index in [-0.39, 0.29) is 6.04 Å². The van der Waals surface area contributed by atoms with E-state index in [1.54, 1.807) is 0 Å². The first-order chi connectivity index (χ1) is 9.66. The third kappa shape index (κ3) is 2.41. The zero-order valence-electron chi connectivity index (χ0n) is 11.5. The van der Waals surface area contributed by atoms with Crippen molar-refractivity contribution in [2.45, 2.75) is 25.8 Å². The molecule has 0 bridgehead atoms. The predicted molar refractivity (Wildman–Crippen MR) is 82.5 cm³/mol. The van der Waals surface area contributed by atoms with Gasteiger partial charge in [-0.3, -0.25) is 0 Å². The molecule has 20 heavy (non-hydrogen) atoms. The molecule has 3 rings (SSSR count). The molecule has 0 saturated heterocycles. The van der Waals surface area contributed by atoms with E-state index >= 15 is 0 Å². The highest BCUT2D eigenvalue weighted by molar-refractivity contribution is 6.30. The molecule has 0 spiro atoms. The maximum atomic E-state index is 6.47. The Labute approximate surface area is 124 Å². The minimum absolute atomic E-state index is 0.180. The van der Waals surface area contributed by atoms with Crippen LogP contribution < -0.4 is 10.5 Å². The van der Waals surface area contributed by atoms with E-state index in [1.165, 1.54) is 5.56 Å². The Hall–Kier alpha value is -1.51. The second kappa shape index (κ2) is 5.47. The summed E-state index contributed by atoms with van der Waals surface area (Å²) in [4.78, 5) is 0. The number of hydrogen-bond acceptors (Lipinski definition) is 2. The molecule has 0 radical (unpaired) electrons. The molecule has 1 atom stereocenters. The molecule has 0 aliphatic carbocycles. The lowest BCUT2D eigenvalue weighted by Gasteiger charge is -2.24. The smallest absolute Gasteiger partial charge is 0.127 e. The maximum absolute atomic E-state index is 6.47. The van der Waals surface area contributed by atoms with Crippen LogP contribution in [0.2, 0.25) is 5.02 Å². The van der Waals surface area contributed by atoms with Crippen LogP contribution in [0.5, 0.6) is 5.75 Å². The zero-order valence-corrected chi connectivity index (χ0v) is 12.3. The minimum atomic E-state index is -0.180. The number of nitrogens with two attached hydrogens (primary N) is 1. The Bertz CT molecular complexity index is 639. The molecule has 3 heteroatoms. The lowest BCUT2D eigenvalue weighted by atomic mass is 9.92. The van der Waals surface area contributed by atoms with Gasteiger partial charge in [-0.15, -0.1) is 0 Å². The first-order valence-electron chi connectivity index (χ1n) is 6.93. The van der Waals surface area contributed by atoms with Gasteiger partial charge < -0.3 is 10.5 Å². The molecule has 0 fully saturated rings. The summed E-state index contributed by atoms with van der Waals surface area (Å²) in [5, 5.41) is 0.741. The number of para-hydroxylation sites is 1. The SMILES string of the molecule is Cc1cc(Cl)ccc1C(N)c1cccc2c1OCCC2. The second-order valence-corrected chi connectivity index (χ2v) is 5.70. The summed E-state index contributed by atoms with van der Waals surface area (Å²) in [7, 11) is 0. The van der Waals surface area contributed by atoms with E-state index in [0.717, 1.165) is 46.9 Å². The Morgan fingerprint density at radius 3 is 2.85 bits per heavy atom. The number of rotatable bonds is 2. The van der Waals surface area contributed by atoms with Crippen molar-refractivity contribution in [1.29, 1.82) is 0 Å². The summed E-state index contributed by atoms with van der Waals surface area (Å²) in [6, 6.07) is 11.9. The molecular weight excluding hydrogens is 270 g/mol. The molecule has 0 amide bonds. The van der Waals surface area contributed by atoms with Gasteiger partial charge in [-0.2, -0.15) is 0 Å². The van der Waals surface area contributed by atoms with Crippen LogP contribution in [0.15, 0.2) is 36.4 Å². The van der Waals surface area contributed by atoms with Crippen molar-refractivity contribution in [3.05, 3.63) is 63.7 Å². The number of halogens is 1. The van der Waals surface area contributed by atoms with Gasteiger partial charge in [0.25, 0.3) is 0 Å². The standard InChI is InChI=1S/C17H18ClNO/c1-11-10-13(18)7-8-14(11)16(19)15-6-2-4-12-5-3-9-20-17(12)15/h2,4,6-8,10,16H,3,5,9,19H2,1H3. The quantitative estimate of drug-likeness (QED) is 0.905. The summed E-state index contributed by atoms with van der Waals surface area (Å²) in [5.41, 5.74) is 11.0. The van der Waals surface area contributed by atoms with Crippen LogP contribution >= 0.6 is 11.6 Å². The first-order valence-corrected chi connectivity index (χ1v) is 7.31. The molecule has 104 valence electrons. The normalized spacial score (nSPS) is 15.3. The molecule has 1 aliphatic heterocycles. The summed E-state index contributed by atoms with van der Waals surface area (Å²) in [6.07, 6.45) is 2.14. The van der Waals surface area contributed by atoms with Crippen molar-refractivity contribution in [2.24, 2.45) is 5.73 Å². The molecule has 2 aromatic rings. The van der Waals surface area contributed by atoms with Gasteiger partial charge in [0.05, 0.1) is 12.6 Å². The van der Waals surface area contributed by atoms with Gasteiger partial charge >= 0.3 is 0 Å². The summed E-state index contributed by atoms with van der Waals surface area (Å²) in [6.45, 7) is 2.81. The molecule has 2 nitrogen and oxygen atoms in total. The molecule has 1 heterocycles. The maximum Gasteiger partial charge on any atom is 0.127 e. The van der Waals surface area contributed by atoms with E-state index in [9.17, 15) is 0 Å². The second-order valence-electron chi connectivity index (χ2n) is 5.27. The Kier molecular flexibility index (Phi) is 3.68. The topological polar surface area (TPSA) is 35.2 Å². The van der Waals surface area contributed by atoms with Gasteiger partial charge in [0.15, 0.2) is 0 Å². The number of aryl methyl sites for hydroxylation is 2. The Morgan fingerprint density at radius 1 is 1.20 bits per heavy atom. The van der Waals surface area contributed by atoms with Crippen molar-refractivity contribution in [3.63, 3.8) is 0 Å². The van der Waals surface area contributed by atoms with Gasteiger partial charge in [0, 0.05) is 10.6 Å². The van der Waals surface area contributed by atoms with Gasteiger partial charge in [0.2, 0.25) is 0 Å². The molecule has 0 saturated carbocycles. The lowest BCUT2D eigenvalue weighted by Crippen LogP contribution is -2.18. The van der Waals surface area contributed by atoms with Crippen LogP contribution in [0, 0.1) is 6.92 Å². The van der Waals surface area contributed by atoms with E-state index in [0.29, 0.717) is 0 Å². The van der Waals surface area contributed by atoms with Crippen LogP contribution in [0.1, 0.15) is 34.7 Å². The minimum Gasteiger partial charge on any atom is -0.493 e. The number of ether oxygens (including phenoxy) is 1. The largest absolute Gasteiger partial charge is 0.493 e. The monoisotopic (exact) mass is 287 g/mol. The van der Waals surface area contributed by atoms with E-state index < -0.39 is 0 Å². The Morgan fingerprint density at radius 2 is 2.05 bits per heavy atom. The molecule has 1 aliphatic rings. The molecule has 0 aromatic heterocycles. The fraction of sp³-hybridized carbons (Fsp3) is 0.294. The average Bonchev–Trinajstić information content (AvgIpc) is 2.46. The van der Waals surface area contributed by atoms with Crippen LogP contribution in [0.25, 0.3) is 0 Å². The fourth-order valence-electron chi connectivity index (χ4n) is 2.81. The van der Waals surface area contributed by atoms with Crippen molar-refractivity contribution in [2.75, 3.05) is 6.61 Å². The summed E-state index contributed by atoms with van der Waals surface area (Å²) in [5.74, 6) is 0.973. The van der Waals surface area contributed by atoms with Crippen molar-refractivity contribution in [1.82, 2.24) is 0 Å². The van der Waals surface area contributed by atoms with Crippen LogP contribution in [0.4, 0.5) is 0 Å². The average molecular weight is 288 g/mol. The highest BCUT2D eigenvalue weighted by Gasteiger charge is 2.20. The molecule has 2 N–H and O–H groups in total. The number of hydrogen-bond donors (Lipinski definition) is 1.